The van der Waals surface area contributed by atoms with E-state index >= 15 is 0 Å². The molecule has 3 nitrogen and oxygen atoms in total. The molecule has 1 fully saturated rings. The quantitative estimate of drug-likeness (QED) is 0.815. The Labute approximate surface area is 98.2 Å². The molecule has 0 aromatic carbocycles. The van der Waals surface area contributed by atoms with Crippen molar-refractivity contribution in [3.05, 3.63) is 24.0 Å². The molecule has 90 valence electrons. The number of aromatic nitrogens is 1. The summed E-state index contributed by atoms with van der Waals surface area (Å²) in [6.45, 7) is 2.38. The Morgan fingerprint density at radius 2 is 2.12 bits per heavy atom. The lowest BCUT2D eigenvalue weighted by molar-refractivity contribution is 0.220. The molecule has 1 aliphatic rings. The molecule has 1 aliphatic heterocycles. The highest BCUT2D eigenvalue weighted by Crippen LogP contribution is 2.28. The summed E-state index contributed by atoms with van der Waals surface area (Å²) in [5.74, 6) is 0.872. The molecular weight excluding hydrogens is 198 g/mol. The van der Waals surface area contributed by atoms with E-state index in [4.69, 9.17) is 0 Å². The van der Waals surface area contributed by atoms with Gasteiger partial charge in [0.15, 0.2) is 0 Å². The highest BCUT2D eigenvalue weighted by Gasteiger charge is 2.21. The van der Waals surface area contributed by atoms with Crippen LogP contribution in [0.4, 0.5) is 0 Å². The largest absolute Gasteiger partial charge is 0.364 e. The van der Waals surface area contributed by atoms with Gasteiger partial charge in [-0.2, -0.15) is 0 Å². The minimum Gasteiger partial charge on any atom is -0.364 e. The lowest BCUT2D eigenvalue weighted by Gasteiger charge is -2.30. The molecule has 0 radical (unpaired) electrons. The zero-order chi connectivity index (χ0) is 11.4. The van der Waals surface area contributed by atoms with Crippen LogP contribution in [0.25, 0.3) is 0 Å². The van der Waals surface area contributed by atoms with E-state index in [0.717, 1.165) is 5.92 Å². The molecule has 1 aromatic rings. The van der Waals surface area contributed by atoms with Crippen molar-refractivity contribution < 1.29 is 0 Å². The Morgan fingerprint density at radius 3 is 2.69 bits per heavy atom. The topological polar surface area (TPSA) is 31.1 Å². The van der Waals surface area contributed by atoms with E-state index in [9.17, 15) is 0 Å². The Bertz CT molecular complexity index is 286. The predicted molar refractivity (Wildman–Crippen MR) is 67.4 cm³/mol. The summed E-state index contributed by atoms with van der Waals surface area (Å²) in [6, 6.07) is 4.83. The first kappa shape index (κ1) is 11.7. The maximum absolute atomic E-state index is 3.43. The van der Waals surface area contributed by atoms with Crippen LogP contribution in [0.15, 0.2) is 18.3 Å². The van der Waals surface area contributed by atoms with Crippen molar-refractivity contribution in [2.75, 3.05) is 27.2 Å². The molecule has 2 N–H and O–H groups in total. The van der Waals surface area contributed by atoms with Gasteiger partial charge in [-0.3, -0.25) is 0 Å². The maximum Gasteiger partial charge on any atom is 0.0495 e. The monoisotopic (exact) mass is 221 g/mol. The van der Waals surface area contributed by atoms with Gasteiger partial charge in [0.05, 0.1) is 0 Å². The fraction of sp³-hybridized carbons (Fsp3) is 0.692. The van der Waals surface area contributed by atoms with Crippen LogP contribution in [0.5, 0.6) is 0 Å². The highest BCUT2D eigenvalue weighted by molar-refractivity contribution is 5.09. The van der Waals surface area contributed by atoms with Crippen LogP contribution in [0.1, 0.15) is 31.0 Å². The van der Waals surface area contributed by atoms with Crippen molar-refractivity contribution in [2.24, 2.45) is 5.92 Å². The zero-order valence-corrected chi connectivity index (χ0v) is 10.4. The van der Waals surface area contributed by atoms with Crippen molar-refractivity contribution in [2.45, 2.75) is 25.3 Å². The third-order valence-corrected chi connectivity index (χ3v) is 3.62. The van der Waals surface area contributed by atoms with Gasteiger partial charge in [-0.25, -0.2) is 0 Å². The first-order chi connectivity index (χ1) is 7.77. The molecule has 0 saturated carbocycles. The summed E-state index contributed by atoms with van der Waals surface area (Å²) in [5.41, 5.74) is 1.35. The van der Waals surface area contributed by atoms with Crippen LogP contribution in [0.2, 0.25) is 0 Å². The molecule has 1 atom stereocenters. The van der Waals surface area contributed by atoms with Gasteiger partial charge < -0.3 is 15.2 Å². The third kappa shape index (κ3) is 2.86. The Hall–Kier alpha value is -0.800. The van der Waals surface area contributed by atoms with Crippen molar-refractivity contribution >= 4 is 0 Å². The molecule has 2 heterocycles. The van der Waals surface area contributed by atoms with E-state index in [1.165, 1.54) is 38.0 Å². The number of aromatic amines is 1. The van der Waals surface area contributed by atoms with Crippen molar-refractivity contribution in [1.29, 1.82) is 0 Å². The fourth-order valence-electron chi connectivity index (χ4n) is 2.60. The van der Waals surface area contributed by atoms with Gasteiger partial charge in [-0.05, 0) is 64.5 Å². The Balaban J connectivity index is 1.97. The Morgan fingerprint density at radius 1 is 1.38 bits per heavy atom. The fourth-order valence-corrected chi connectivity index (χ4v) is 2.60. The van der Waals surface area contributed by atoms with Crippen LogP contribution in [-0.2, 0) is 0 Å². The van der Waals surface area contributed by atoms with Crippen molar-refractivity contribution in [3.63, 3.8) is 0 Å². The van der Waals surface area contributed by atoms with Crippen LogP contribution in [-0.4, -0.2) is 37.1 Å². The van der Waals surface area contributed by atoms with E-state index in [1.54, 1.807) is 0 Å². The van der Waals surface area contributed by atoms with E-state index < -0.39 is 0 Å². The van der Waals surface area contributed by atoms with Gasteiger partial charge in [-0.15, -0.1) is 0 Å². The van der Waals surface area contributed by atoms with Gasteiger partial charge >= 0.3 is 0 Å². The van der Waals surface area contributed by atoms with Gasteiger partial charge in [0.1, 0.15) is 0 Å². The number of nitrogens with one attached hydrogen (secondary N) is 2. The second-order valence-electron chi connectivity index (χ2n) is 5.03. The normalized spacial score (nSPS) is 20.2. The summed E-state index contributed by atoms with van der Waals surface area (Å²) in [4.78, 5) is 5.68. The van der Waals surface area contributed by atoms with E-state index in [1.807, 2.05) is 6.20 Å². The van der Waals surface area contributed by atoms with Crippen LogP contribution >= 0.6 is 0 Å². The maximum atomic E-state index is 3.43. The average molecular weight is 221 g/mol. The SMILES string of the molecule is CN(C)C(CC1CCNCC1)c1ccc[nH]1. The number of H-pyrrole nitrogens is 1. The minimum absolute atomic E-state index is 0.540. The molecule has 0 spiro atoms. The molecule has 0 bridgehead atoms. The molecule has 1 saturated heterocycles. The zero-order valence-electron chi connectivity index (χ0n) is 10.4. The molecule has 2 rings (SSSR count). The smallest absolute Gasteiger partial charge is 0.0495 e. The number of piperidine rings is 1. The second-order valence-corrected chi connectivity index (χ2v) is 5.03. The lowest BCUT2D eigenvalue weighted by atomic mass is 9.89. The van der Waals surface area contributed by atoms with E-state index in [0.29, 0.717) is 6.04 Å². The van der Waals surface area contributed by atoms with Gasteiger partial charge in [0.2, 0.25) is 0 Å². The van der Waals surface area contributed by atoms with E-state index in [-0.39, 0.29) is 0 Å². The molecule has 3 heteroatoms. The van der Waals surface area contributed by atoms with Gasteiger partial charge in [0, 0.05) is 17.9 Å². The lowest BCUT2D eigenvalue weighted by Crippen LogP contribution is -2.31. The Kier molecular flexibility index (Phi) is 4.02. The average Bonchev–Trinajstić information content (AvgIpc) is 2.80. The standard InChI is InChI=1S/C13H23N3/c1-16(2)13(12-4-3-7-15-12)10-11-5-8-14-9-6-11/h3-4,7,11,13-15H,5-6,8-10H2,1-2H3. The van der Waals surface area contributed by atoms with Gasteiger partial charge in [-0.1, -0.05) is 0 Å². The van der Waals surface area contributed by atoms with E-state index in [2.05, 4.69) is 41.4 Å². The molecule has 0 aliphatic carbocycles. The van der Waals surface area contributed by atoms with Crippen LogP contribution in [0.3, 0.4) is 0 Å². The molecule has 1 aromatic heterocycles. The number of hydrogen-bond acceptors (Lipinski definition) is 2. The minimum atomic E-state index is 0.540. The third-order valence-electron chi connectivity index (χ3n) is 3.62. The van der Waals surface area contributed by atoms with Gasteiger partial charge in [0.25, 0.3) is 0 Å². The summed E-state index contributed by atoms with van der Waals surface area (Å²) < 4.78 is 0. The predicted octanol–water partition coefficient (Wildman–Crippen LogP) is 2.01. The number of rotatable bonds is 4. The first-order valence-corrected chi connectivity index (χ1v) is 6.28. The molecule has 0 amide bonds. The second kappa shape index (κ2) is 5.51. The van der Waals surface area contributed by atoms with Crippen molar-refractivity contribution in [1.82, 2.24) is 15.2 Å². The number of hydrogen-bond donors (Lipinski definition) is 2. The summed E-state index contributed by atoms with van der Waals surface area (Å²) in [5, 5.41) is 3.43. The number of nitrogens with zero attached hydrogens (tertiary/aromatic N) is 1. The summed E-state index contributed by atoms with van der Waals surface area (Å²) in [6.07, 6.45) is 5.94. The summed E-state index contributed by atoms with van der Waals surface area (Å²) in [7, 11) is 4.35. The highest BCUT2D eigenvalue weighted by atomic mass is 15.1. The van der Waals surface area contributed by atoms with Crippen LogP contribution in [0, 0.1) is 5.92 Å². The first-order valence-electron chi connectivity index (χ1n) is 6.28. The molecule has 1 unspecified atom stereocenters. The van der Waals surface area contributed by atoms with Crippen molar-refractivity contribution in [3.8, 4) is 0 Å². The molecular formula is C13H23N3. The molecule has 16 heavy (non-hydrogen) atoms. The van der Waals surface area contributed by atoms with Crippen LogP contribution < -0.4 is 5.32 Å². The summed E-state index contributed by atoms with van der Waals surface area (Å²) >= 11 is 0.